The number of nitrogens with two attached hydrogens (primary N) is 1. The molecule has 96 valence electrons. The fourth-order valence-electron chi connectivity index (χ4n) is 1.57. The van der Waals surface area contributed by atoms with E-state index >= 15 is 0 Å². The zero-order valence-corrected chi connectivity index (χ0v) is 10.4. The highest BCUT2D eigenvalue weighted by Gasteiger charge is 2.06. The summed E-state index contributed by atoms with van der Waals surface area (Å²) in [5.41, 5.74) is 6.65. The molecule has 0 radical (unpaired) electrons. The van der Waals surface area contributed by atoms with E-state index in [2.05, 4.69) is 23.2 Å². The summed E-state index contributed by atoms with van der Waals surface area (Å²) >= 11 is 0. The molecule has 2 rings (SSSR count). The first-order valence-electron chi connectivity index (χ1n) is 6.05. The van der Waals surface area contributed by atoms with Crippen molar-refractivity contribution in [3.05, 3.63) is 41.6 Å². The molecule has 2 N–H and O–H groups in total. The molecule has 0 aliphatic rings. The maximum Gasteiger partial charge on any atom is 0.253 e. The van der Waals surface area contributed by atoms with Gasteiger partial charge in [0.15, 0.2) is 6.61 Å². The molecule has 1 aromatic heterocycles. The molecule has 0 unspecified atom stereocenters. The van der Waals surface area contributed by atoms with Crippen LogP contribution >= 0.6 is 0 Å². The Morgan fingerprint density at radius 2 is 2.11 bits per heavy atom. The Morgan fingerprint density at radius 3 is 2.89 bits per heavy atom. The van der Waals surface area contributed by atoms with Gasteiger partial charge in [0.1, 0.15) is 5.75 Å². The number of rotatable bonds is 6. The minimum Gasteiger partial charge on any atom is -0.484 e. The van der Waals surface area contributed by atoms with Gasteiger partial charge < -0.3 is 14.9 Å². The lowest BCUT2D eigenvalue weighted by molar-refractivity contribution is 0.259. The standard InChI is InChI=1S/C13H17N3O2/c1-2-10-4-3-5-11(8-10)17-9-13-16-15-12(18-13)6-7-14/h3-5,8H,2,6-7,9,14H2,1H3. The third-order valence-electron chi connectivity index (χ3n) is 2.54. The summed E-state index contributed by atoms with van der Waals surface area (Å²) in [5, 5.41) is 7.77. The fourth-order valence-corrected chi connectivity index (χ4v) is 1.57. The highest BCUT2D eigenvalue weighted by Crippen LogP contribution is 2.15. The second-order valence-electron chi connectivity index (χ2n) is 3.92. The van der Waals surface area contributed by atoms with Gasteiger partial charge in [-0.15, -0.1) is 10.2 Å². The lowest BCUT2D eigenvalue weighted by Gasteiger charge is -2.04. The lowest BCUT2D eigenvalue weighted by atomic mass is 10.2. The van der Waals surface area contributed by atoms with Crippen molar-refractivity contribution >= 4 is 0 Å². The highest BCUT2D eigenvalue weighted by molar-refractivity contribution is 5.28. The van der Waals surface area contributed by atoms with Gasteiger partial charge >= 0.3 is 0 Å². The Kier molecular flexibility index (Phi) is 4.30. The quantitative estimate of drug-likeness (QED) is 0.841. The third-order valence-corrected chi connectivity index (χ3v) is 2.54. The molecule has 0 aliphatic carbocycles. The molecule has 0 bridgehead atoms. The lowest BCUT2D eigenvalue weighted by Crippen LogP contribution is -2.02. The Morgan fingerprint density at radius 1 is 1.28 bits per heavy atom. The van der Waals surface area contributed by atoms with Crippen LogP contribution in [0.3, 0.4) is 0 Å². The minimum absolute atomic E-state index is 0.282. The van der Waals surface area contributed by atoms with Crippen molar-refractivity contribution in [1.29, 1.82) is 0 Å². The topological polar surface area (TPSA) is 74.2 Å². The van der Waals surface area contributed by atoms with Crippen molar-refractivity contribution in [2.75, 3.05) is 6.54 Å². The molecule has 1 aromatic carbocycles. The van der Waals surface area contributed by atoms with Crippen molar-refractivity contribution in [1.82, 2.24) is 10.2 Å². The summed E-state index contributed by atoms with van der Waals surface area (Å²) in [5.74, 6) is 1.84. The number of aryl methyl sites for hydroxylation is 1. The van der Waals surface area contributed by atoms with E-state index in [0.717, 1.165) is 12.2 Å². The first kappa shape index (κ1) is 12.6. The molecule has 5 nitrogen and oxygen atoms in total. The molecular formula is C13H17N3O2. The maximum atomic E-state index is 5.60. The van der Waals surface area contributed by atoms with E-state index in [4.69, 9.17) is 14.9 Å². The van der Waals surface area contributed by atoms with Gasteiger partial charge in [-0.2, -0.15) is 0 Å². The number of benzene rings is 1. The Hall–Kier alpha value is -1.88. The van der Waals surface area contributed by atoms with Crippen LogP contribution in [0.4, 0.5) is 0 Å². The summed E-state index contributed by atoms with van der Waals surface area (Å²) in [6.07, 6.45) is 1.58. The van der Waals surface area contributed by atoms with Gasteiger partial charge in [0.05, 0.1) is 0 Å². The fraction of sp³-hybridized carbons (Fsp3) is 0.385. The normalized spacial score (nSPS) is 10.6. The van der Waals surface area contributed by atoms with Gasteiger partial charge in [0, 0.05) is 13.0 Å². The molecule has 0 saturated carbocycles. The van der Waals surface area contributed by atoms with Gasteiger partial charge in [-0.3, -0.25) is 0 Å². The van der Waals surface area contributed by atoms with Gasteiger partial charge in [0.25, 0.3) is 5.89 Å². The van der Waals surface area contributed by atoms with Gasteiger partial charge in [0.2, 0.25) is 5.89 Å². The van der Waals surface area contributed by atoms with Crippen molar-refractivity contribution in [3.8, 4) is 5.75 Å². The zero-order chi connectivity index (χ0) is 12.8. The van der Waals surface area contributed by atoms with Crippen molar-refractivity contribution in [2.45, 2.75) is 26.4 Å². The highest BCUT2D eigenvalue weighted by atomic mass is 16.5. The molecular weight excluding hydrogens is 230 g/mol. The minimum atomic E-state index is 0.282. The van der Waals surface area contributed by atoms with Crippen LogP contribution in [0.5, 0.6) is 5.75 Å². The van der Waals surface area contributed by atoms with E-state index in [1.807, 2.05) is 18.2 Å². The van der Waals surface area contributed by atoms with Gasteiger partial charge in [-0.1, -0.05) is 19.1 Å². The Bertz CT molecular complexity index is 496. The molecule has 5 heteroatoms. The Labute approximate surface area is 106 Å². The first-order valence-corrected chi connectivity index (χ1v) is 6.05. The van der Waals surface area contributed by atoms with E-state index in [1.165, 1.54) is 5.56 Å². The summed E-state index contributed by atoms with van der Waals surface area (Å²) in [7, 11) is 0. The average Bonchev–Trinajstić information content (AvgIpc) is 2.85. The van der Waals surface area contributed by atoms with E-state index < -0.39 is 0 Å². The van der Waals surface area contributed by atoms with Crippen LogP contribution in [-0.2, 0) is 19.4 Å². The van der Waals surface area contributed by atoms with Crippen molar-refractivity contribution < 1.29 is 9.15 Å². The van der Waals surface area contributed by atoms with Crippen molar-refractivity contribution in [3.63, 3.8) is 0 Å². The second kappa shape index (κ2) is 6.16. The summed E-state index contributed by atoms with van der Waals surface area (Å²) < 4.78 is 11.0. The molecule has 18 heavy (non-hydrogen) atoms. The number of aromatic nitrogens is 2. The molecule has 0 aliphatic heterocycles. The van der Waals surface area contributed by atoms with Crippen LogP contribution in [0.2, 0.25) is 0 Å². The number of hydrogen-bond acceptors (Lipinski definition) is 5. The predicted molar refractivity (Wildman–Crippen MR) is 67.2 cm³/mol. The van der Waals surface area contributed by atoms with Crippen LogP contribution in [0.25, 0.3) is 0 Å². The monoisotopic (exact) mass is 247 g/mol. The van der Waals surface area contributed by atoms with E-state index in [0.29, 0.717) is 24.7 Å². The van der Waals surface area contributed by atoms with E-state index in [-0.39, 0.29) is 6.61 Å². The van der Waals surface area contributed by atoms with Gasteiger partial charge in [-0.05, 0) is 24.1 Å². The van der Waals surface area contributed by atoms with Crippen LogP contribution in [-0.4, -0.2) is 16.7 Å². The average molecular weight is 247 g/mol. The SMILES string of the molecule is CCc1cccc(OCc2nnc(CCN)o2)c1. The van der Waals surface area contributed by atoms with Gasteiger partial charge in [-0.25, -0.2) is 0 Å². The molecule has 0 amide bonds. The predicted octanol–water partition coefficient (Wildman–Crippen LogP) is 1.71. The maximum absolute atomic E-state index is 5.60. The summed E-state index contributed by atoms with van der Waals surface area (Å²) in [6, 6.07) is 7.97. The Balaban J connectivity index is 1.93. The van der Waals surface area contributed by atoms with Crippen molar-refractivity contribution in [2.24, 2.45) is 5.73 Å². The number of hydrogen-bond donors (Lipinski definition) is 1. The molecule has 0 fully saturated rings. The molecule has 0 spiro atoms. The largest absolute Gasteiger partial charge is 0.484 e. The third kappa shape index (κ3) is 3.30. The molecule has 2 aromatic rings. The number of ether oxygens (including phenoxy) is 1. The van der Waals surface area contributed by atoms with E-state index in [1.54, 1.807) is 0 Å². The smallest absolute Gasteiger partial charge is 0.253 e. The van der Waals surface area contributed by atoms with Crippen LogP contribution in [0.15, 0.2) is 28.7 Å². The van der Waals surface area contributed by atoms with E-state index in [9.17, 15) is 0 Å². The molecule has 0 atom stereocenters. The number of nitrogens with zero attached hydrogens (tertiary/aromatic N) is 2. The molecule has 0 saturated heterocycles. The first-order chi connectivity index (χ1) is 8.81. The van der Waals surface area contributed by atoms with Crippen LogP contribution in [0.1, 0.15) is 24.3 Å². The van der Waals surface area contributed by atoms with Crippen LogP contribution in [0, 0.1) is 0 Å². The zero-order valence-electron chi connectivity index (χ0n) is 10.4. The summed E-state index contributed by atoms with van der Waals surface area (Å²) in [6.45, 7) is 2.89. The molecule has 1 heterocycles. The second-order valence-corrected chi connectivity index (χ2v) is 3.92. The van der Waals surface area contributed by atoms with Crippen LogP contribution < -0.4 is 10.5 Å². The summed E-state index contributed by atoms with van der Waals surface area (Å²) in [4.78, 5) is 0.